The summed E-state index contributed by atoms with van der Waals surface area (Å²) in [6, 6.07) is 9.73. The molecule has 0 spiro atoms. The van der Waals surface area contributed by atoms with Crippen molar-refractivity contribution in [3.8, 4) is 6.07 Å². The van der Waals surface area contributed by atoms with Gasteiger partial charge in [0.05, 0.1) is 6.07 Å². The largest absolute Gasteiger partial charge is 0.480 e. The smallest absolute Gasteiger partial charge is 0.407 e. The van der Waals surface area contributed by atoms with Crippen LogP contribution in [0.2, 0.25) is 0 Å². The number of ether oxygens (including phenoxy) is 1. The second-order valence-electron chi connectivity index (χ2n) is 5.14. The molecule has 0 fully saturated rings. The number of carboxylic acid groups (broad SMARTS) is 1. The van der Waals surface area contributed by atoms with Crippen LogP contribution in [-0.2, 0) is 20.9 Å². The van der Waals surface area contributed by atoms with E-state index in [0.29, 0.717) is 0 Å². The molecular formula is C16H19N3O5. The van der Waals surface area contributed by atoms with E-state index in [9.17, 15) is 14.4 Å². The van der Waals surface area contributed by atoms with Crippen molar-refractivity contribution in [1.82, 2.24) is 10.6 Å². The minimum atomic E-state index is -1.24. The van der Waals surface area contributed by atoms with Gasteiger partial charge in [-0.3, -0.25) is 4.79 Å². The minimum absolute atomic E-state index is 0.0178. The fourth-order valence-electron chi connectivity index (χ4n) is 1.80. The molecule has 3 N–H and O–H groups in total. The summed E-state index contributed by atoms with van der Waals surface area (Å²) in [5.41, 5.74) is 0.800. The van der Waals surface area contributed by atoms with Crippen LogP contribution in [0.5, 0.6) is 0 Å². The average Bonchev–Trinajstić information content (AvgIpc) is 2.58. The molecule has 0 aliphatic rings. The maximum absolute atomic E-state index is 11.7. The summed E-state index contributed by atoms with van der Waals surface area (Å²) in [6.07, 6.45) is -0.804. The number of hydrogen-bond acceptors (Lipinski definition) is 5. The summed E-state index contributed by atoms with van der Waals surface area (Å²) in [5.74, 6) is -2.43. The van der Waals surface area contributed by atoms with Gasteiger partial charge in [0.25, 0.3) is 0 Å². The maximum Gasteiger partial charge on any atom is 0.407 e. The van der Waals surface area contributed by atoms with E-state index in [2.05, 4.69) is 10.6 Å². The number of aliphatic carboxylic acids is 1. The van der Waals surface area contributed by atoms with Crippen LogP contribution in [0.3, 0.4) is 0 Å². The molecule has 8 nitrogen and oxygen atoms in total. The fraction of sp³-hybridized carbons (Fsp3) is 0.375. The summed E-state index contributed by atoms with van der Waals surface area (Å²) < 4.78 is 4.92. The molecule has 1 aromatic rings. The van der Waals surface area contributed by atoms with E-state index in [1.165, 1.54) is 0 Å². The van der Waals surface area contributed by atoms with Gasteiger partial charge in [-0.05, 0) is 18.9 Å². The van der Waals surface area contributed by atoms with E-state index in [0.717, 1.165) is 5.56 Å². The Labute approximate surface area is 139 Å². The SMILES string of the molecule is C[C@@H](C#N)C[C@@H](NC(=O)CNC(=O)OCc1ccccc1)C(=O)O. The molecule has 8 heteroatoms. The Hall–Kier alpha value is -3.08. The van der Waals surface area contributed by atoms with Crippen LogP contribution in [0.15, 0.2) is 30.3 Å². The lowest BCUT2D eigenvalue weighted by molar-refractivity contribution is -0.142. The van der Waals surface area contributed by atoms with Crippen molar-refractivity contribution >= 4 is 18.0 Å². The van der Waals surface area contributed by atoms with Gasteiger partial charge in [-0.1, -0.05) is 30.3 Å². The topological polar surface area (TPSA) is 129 Å². The molecule has 0 saturated heterocycles. The summed E-state index contributed by atoms with van der Waals surface area (Å²) >= 11 is 0. The van der Waals surface area contributed by atoms with E-state index >= 15 is 0 Å². The molecule has 0 aliphatic carbocycles. The summed E-state index contributed by atoms with van der Waals surface area (Å²) in [5, 5.41) is 22.2. The Kier molecular flexibility index (Phi) is 7.78. The third kappa shape index (κ3) is 7.26. The number of amides is 2. The van der Waals surface area contributed by atoms with E-state index < -0.39 is 36.5 Å². The minimum Gasteiger partial charge on any atom is -0.480 e. The van der Waals surface area contributed by atoms with Gasteiger partial charge in [0.1, 0.15) is 19.2 Å². The lowest BCUT2D eigenvalue weighted by Crippen LogP contribution is -2.46. The number of carbonyl (C=O) groups is 3. The van der Waals surface area contributed by atoms with Crippen LogP contribution < -0.4 is 10.6 Å². The molecule has 0 saturated carbocycles. The van der Waals surface area contributed by atoms with Gasteiger partial charge in [-0.25, -0.2) is 9.59 Å². The van der Waals surface area contributed by atoms with Crippen molar-refractivity contribution in [2.24, 2.45) is 5.92 Å². The zero-order chi connectivity index (χ0) is 17.9. The van der Waals surface area contributed by atoms with Gasteiger partial charge >= 0.3 is 12.1 Å². The molecule has 2 atom stereocenters. The van der Waals surface area contributed by atoms with E-state index in [-0.39, 0.29) is 13.0 Å². The van der Waals surface area contributed by atoms with Crippen LogP contribution in [0.25, 0.3) is 0 Å². The number of nitrogens with zero attached hydrogens (tertiary/aromatic N) is 1. The molecule has 0 bridgehead atoms. The maximum atomic E-state index is 11.7. The lowest BCUT2D eigenvalue weighted by atomic mass is 10.0. The molecule has 128 valence electrons. The van der Waals surface area contributed by atoms with Crippen molar-refractivity contribution in [2.45, 2.75) is 26.0 Å². The van der Waals surface area contributed by atoms with E-state index in [1.807, 2.05) is 12.1 Å². The Morgan fingerprint density at radius 2 is 1.96 bits per heavy atom. The number of hydrogen-bond donors (Lipinski definition) is 3. The molecule has 24 heavy (non-hydrogen) atoms. The second-order valence-corrected chi connectivity index (χ2v) is 5.14. The first-order valence-corrected chi connectivity index (χ1v) is 7.28. The number of carbonyl (C=O) groups excluding carboxylic acids is 2. The third-order valence-corrected chi connectivity index (χ3v) is 3.05. The number of nitriles is 1. The summed E-state index contributed by atoms with van der Waals surface area (Å²) in [7, 11) is 0. The fourth-order valence-corrected chi connectivity index (χ4v) is 1.80. The van der Waals surface area contributed by atoms with Crippen molar-refractivity contribution in [3.05, 3.63) is 35.9 Å². The Balaban J connectivity index is 2.34. The first-order chi connectivity index (χ1) is 11.4. The van der Waals surface area contributed by atoms with Crippen molar-refractivity contribution < 1.29 is 24.2 Å². The van der Waals surface area contributed by atoms with Crippen LogP contribution in [0.1, 0.15) is 18.9 Å². The predicted octanol–water partition coefficient (Wildman–Crippen LogP) is 1.03. The standard InChI is InChI=1S/C16H19N3O5/c1-11(8-17)7-13(15(21)22)19-14(20)9-18-16(23)24-10-12-5-3-2-4-6-12/h2-6,11,13H,7,9-10H2,1H3,(H,18,23)(H,19,20)(H,21,22)/t11-,13-/m1/s1. The van der Waals surface area contributed by atoms with Crippen LogP contribution in [0.4, 0.5) is 4.79 Å². The van der Waals surface area contributed by atoms with Gasteiger partial charge in [0.2, 0.25) is 5.91 Å². The zero-order valence-corrected chi connectivity index (χ0v) is 13.2. The van der Waals surface area contributed by atoms with Crippen molar-refractivity contribution in [2.75, 3.05) is 6.54 Å². The quantitative estimate of drug-likeness (QED) is 0.652. The molecule has 2 amide bonds. The van der Waals surface area contributed by atoms with Crippen LogP contribution >= 0.6 is 0 Å². The average molecular weight is 333 g/mol. The summed E-state index contributed by atoms with van der Waals surface area (Å²) in [4.78, 5) is 34.2. The Bertz CT molecular complexity index is 612. The molecule has 1 aromatic carbocycles. The monoisotopic (exact) mass is 333 g/mol. The number of benzene rings is 1. The molecule has 0 radical (unpaired) electrons. The zero-order valence-electron chi connectivity index (χ0n) is 13.2. The van der Waals surface area contributed by atoms with Crippen molar-refractivity contribution in [3.63, 3.8) is 0 Å². The van der Waals surface area contributed by atoms with Gasteiger partial charge < -0.3 is 20.5 Å². The molecular weight excluding hydrogens is 314 g/mol. The predicted molar refractivity (Wildman–Crippen MR) is 83.6 cm³/mol. The highest BCUT2D eigenvalue weighted by Gasteiger charge is 2.22. The third-order valence-electron chi connectivity index (χ3n) is 3.05. The molecule has 0 heterocycles. The Morgan fingerprint density at radius 1 is 1.29 bits per heavy atom. The van der Waals surface area contributed by atoms with Gasteiger partial charge in [-0.15, -0.1) is 0 Å². The number of rotatable bonds is 8. The van der Waals surface area contributed by atoms with Gasteiger partial charge in [0, 0.05) is 5.92 Å². The molecule has 0 aromatic heterocycles. The first kappa shape index (κ1) is 19.0. The van der Waals surface area contributed by atoms with Crippen LogP contribution in [-0.4, -0.2) is 35.7 Å². The van der Waals surface area contributed by atoms with Crippen molar-refractivity contribution in [1.29, 1.82) is 5.26 Å². The molecule has 0 aliphatic heterocycles. The van der Waals surface area contributed by atoms with Gasteiger partial charge in [-0.2, -0.15) is 5.26 Å². The van der Waals surface area contributed by atoms with Crippen LogP contribution in [0, 0.1) is 17.2 Å². The summed E-state index contributed by atoms with van der Waals surface area (Å²) in [6.45, 7) is 1.20. The highest BCUT2D eigenvalue weighted by Crippen LogP contribution is 2.05. The molecule has 1 rings (SSSR count). The number of alkyl carbamates (subject to hydrolysis) is 1. The van der Waals surface area contributed by atoms with E-state index in [4.69, 9.17) is 15.1 Å². The first-order valence-electron chi connectivity index (χ1n) is 7.28. The highest BCUT2D eigenvalue weighted by atomic mass is 16.5. The van der Waals surface area contributed by atoms with E-state index in [1.54, 1.807) is 31.2 Å². The lowest BCUT2D eigenvalue weighted by Gasteiger charge is -2.15. The Morgan fingerprint density at radius 3 is 2.54 bits per heavy atom. The van der Waals surface area contributed by atoms with Gasteiger partial charge in [0.15, 0.2) is 0 Å². The number of carboxylic acids is 1. The second kappa shape index (κ2) is 9.84. The normalized spacial score (nSPS) is 12.3. The number of nitrogens with one attached hydrogen (secondary N) is 2. The molecule has 0 unspecified atom stereocenters. The highest BCUT2D eigenvalue weighted by molar-refractivity contribution is 5.86.